The van der Waals surface area contributed by atoms with Gasteiger partial charge in [0.05, 0.1) is 12.7 Å². The molecule has 8 nitrogen and oxygen atoms in total. The second kappa shape index (κ2) is 6.02. The van der Waals surface area contributed by atoms with Crippen molar-refractivity contribution in [3.8, 4) is 0 Å². The number of carbonyl (C=O) groups is 1. The Balaban J connectivity index is 1.68. The van der Waals surface area contributed by atoms with E-state index in [4.69, 9.17) is 0 Å². The molecule has 2 N–H and O–H groups in total. The van der Waals surface area contributed by atoms with E-state index in [1.165, 1.54) is 6.42 Å². The lowest BCUT2D eigenvalue weighted by molar-refractivity contribution is -0.119. The lowest BCUT2D eigenvalue weighted by Gasteiger charge is -2.36. The molecule has 1 amide bonds. The number of rotatable bonds is 5. The summed E-state index contributed by atoms with van der Waals surface area (Å²) in [6.45, 7) is 0.691. The van der Waals surface area contributed by atoms with Crippen LogP contribution in [0.1, 0.15) is 38.5 Å². The zero-order chi connectivity index (χ0) is 14.5. The van der Waals surface area contributed by atoms with E-state index in [1.54, 1.807) is 23.3 Å². The van der Waals surface area contributed by atoms with E-state index in [-0.39, 0.29) is 11.3 Å². The average Bonchev–Trinajstić information content (AvgIpc) is 3.13. The Morgan fingerprint density at radius 2 is 2.24 bits per heavy atom. The molecule has 2 heterocycles. The summed E-state index contributed by atoms with van der Waals surface area (Å²) >= 11 is 0. The van der Waals surface area contributed by atoms with Gasteiger partial charge in [-0.25, -0.2) is 4.68 Å². The first kappa shape index (κ1) is 13.7. The molecule has 8 heteroatoms. The van der Waals surface area contributed by atoms with Crippen LogP contribution in [0.4, 0.5) is 5.82 Å². The summed E-state index contributed by atoms with van der Waals surface area (Å²) in [5.41, 5.74) is -0.0578. The van der Waals surface area contributed by atoms with E-state index in [1.807, 2.05) is 0 Å². The number of H-pyrrole nitrogens is 1. The summed E-state index contributed by atoms with van der Waals surface area (Å²) in [4.78, 5) is 12.3. The lowest BCUT2D eigenvalue weighted by atomic mass is 9.71. The summed E-state index contributed by atoms with van der Waals surface area (Å²) in [7, 11) is 0. The van der Waals surface area contributed by atoms with Gasteiger partial charge in [0.2, 0.25) is 5.91 Å². The fourth-order valence-electron chi connectivity index (χ4n) is 3.15. The Kier molecular flexibility index (Phi) is 3.94. The smallest absolute Gasteiger partial charge is 0.226 e. The molecule has 0 saturated heterocycles. The van der Waals surface area contributed by atoms with Gasteiger partial charge in [-0.2, -0.15) is 5.10 Å². The van der Waals surface area contributed by atoms with E-state index < -0.39 is 0 Å². The van der Waals surface area contributed by atoms with Crippen molar-refractivity contribution in [2.75, 3.05) is 5.32 Å². The van der Waals surface area contributed by atoms with Crippen LogP contribution in [0.25, 0.3) is 0 Å². The molecule has 0 unspecified atom stereocenters. The van der Waals surface area contributed by atoms with E-state index in [0.717, 1.165) is 25.7 Å². The predicted molar refractivity (Wildman–Crippen MR) is 75.2 cm³/mol. The molecule has 1 saturated carbocycles. The van der Waals surface area contributed by atoms with Crippen LogP contribution in [0.5, 0.6) is 0 Å². The minimum absolute atomic E-state index is 0.00854. The normalized spacial score (nSPS) is 17.5. The van der Waals surface area contributed by atoms with Gasteiger partial charge in [0, 0.05) is 12.5 Å². The quantitative estimate of drug-likeness (QED) is 0.865. The summed E-state index contributed by atoms with van der Waals surface area (Å²) in [5, 5.41) is 20.7. The molecule has 0 spiro atoms. The average molecular weight is 289 g/mol. The number of hydrogen-bond acceptors (Lipinski definition) is 5. The highest BCUT2D eigenvalue weighted by atomic mass is 16.1. The van der Waals surface area contributed by atoms with Crippen LogP contribution in [0.2, 0.25) is 0 Å². The van der Waals surface area contributed by atoms with Gasteiger partial charge < -0.3 is 5.32 Å². The monoisotopic (exact) mass is 289 g/mol. The number of nitrogens with one attached hydrogen (secondary N) is 2. The number of hydrogen-bond donors (Lipinski definition) is 2. The standard InChI is InChI=1S/C13H19N7O/c21-12(16-11-4-7-14-17-11)8-13(5-2-1-3-6-13)9-20-10-15-18-19-20/h4,7,10H,1-3,5-6,8-9H2,(H2,14,16,17,21). The number of anilines is 1. The molecule has 1 fully saturated rings. The van der Waals surface area contributed by atoms with Gasteiger partial charge >= 0.3 is 0 Å². The zero-order valence-corrected chi connectivity index (χ0v) is 11.8. The van der Waals surface area contributed by atoms with E-state index in [0.29, 0.717) is 18.8 Å². The molecule has 1 aliphatic rings. The van der Waals surface area contributed by atoms with E-state index >= 15 is 0 Å². The number of aromatic nitrogens is 6. The Hall–Kier alpha value is -2.25. The first-order chi connectivity index (χ1) is 10.3. The van der Waals surface area contributed by atoms with Crippen molar-refractivity contribution in [2.45, 2.75) is 45.1 Å². The highest BCUT2D eigenvalue weighted by Crippen LogP contribution is 2.40. The molecule has 2 aromatic heterocycles. The predicted octanol–water partition coefficient (Wildman–Crippen LogP) is 1.38. The lowest BCUT2D eigenvalue weighted by Crippen LogP contribution is -2.34. The van der Waals surface area contributed by atoms with Gasteiger partial charge in [-0.1, -0.05) is 19.3 Å². The molecule has 0 radical (unpaired) electrons. The maximum Gasteiger partial charge on any atom is 0.226 e. The van der Waals surface area contributed by atoms with Gasteiger partial charge in [0.15, 0.2) is 0 Å². The molecular formula is C13H19N7O. The summed E-state index contributed by atoms with van der Waals surface area (Å²) in [6, 6.07) is 1.74. The third-order valence-corrected chi connectivity index (χ3v) is 4.11. The maximum absolute atomic E-state index is 12.3. The van der Waals surface area contributed by atoms with Crippen molar-refractivity contribution >= 4 is 11.7 Å². The highest BCUT2D eigenvalue weighted by Gasteiger charge is 2.35. The Bertz CT molecular complexity index is 557. The molecule has 0 atom stereocenters. The second-order valence-electron chi connectivity index (χ2n) is 5.76. The molecule has 21 heavy (non-hydrogen) atoms. The van der Waals surface area contributed by atoms with Crippen molar-refractivity contribution in [2.24, 2.45) is 5.41 Å². The van der Waals surface area contributed by atoms with Crippen LogP contribution in [0.3, 0.4) is 0 Å². The van der Waals surface area contributed by atoms with Crippen molar-refractivity contribution < 1.29 is 4.79 Å². The topological polar surface area (TPSA) is 101 Å². The van der Waals surface area contributed by atoms with Crippen molar-refractivity contribution in [3.63, 3.8) is 0 Å². The number of carbonyl (C=O) groups excluding carboxylic acids is 1. The number of nitrogens with zero attached hydrogens (tertiary/aromatic N) is 5. The van der Waals surface area contributed by atoms with Crippen LogP contribution in [0.15, 0.2) is 18.6 Å². The number of amides is 1. The van der Waals surface area contributed by atoms with Gasteiger partial charge in [-0.05, 0) is 28.7 Å². The summed E-state index contributed by atoms with van der Waals surface area (Å²) in [5.74, 6) is 0.641. The minimum atomic E-state index is -0.0578. The highest BCUT2D eigenvalue weighted by molar-refractivity contribution is 5.90. The van der Waals surface area contributed by atoms with Crippen LogP contribution in [0, 0.1) is 5.41 Å². The first-order valence-corrected chi connectivity index (χ1v) is 7.26. The minimum Gasteiger partial charge on any atom is -0.311 e. The maximum atomic E-state index is 12.3. The molecule has 2 aromatic rings. The van der Waals surface area contributed by atoms with Crippen LogP contribution in [-0.4, -0.2) is 36.3 Å². The van der Waals surface area contributed by atoms with Crippen molar-refractivity contribution in [3.05, 3.63) is 18.6 Å². The third-order valence-electron chi connectivity index (χ3n) is 4.11. The van der Waals surface area contributed by atoms with Gasteiger partial charge in [0.1, 0.15) is 12.1 Å². The van der Waals surface area contributed by atoms with Crippen LogP contribution < -0.4 is 5.32 Å². The van der Waals surface area contributed by atoms with Crippen LogP contribution >= 0.6 is 0 Å². The zero-order valence-electron chi connectivity index (χ0n) is 11.8. The first-order valence-electron chi connectivity index (χ1n) is 7.26. The van der Waals surface area contributed by atoms with Gasteiger partial charge in [0.25, 0.3) is 0 Å². The second-order valence-corrected chi connectivity index (χ2v) is 5.76. The third kappa shape index (κ3) is 3.45. The van der Waals surface area contributed by atoms with E-state index in [2.05, 4.69) is 31.0 Å². The Morgan fingerprint density at radius 1 is 1.38 bits per heavy atom. The van der Waals surface area contributed by atoms with Gasteiger partial charge in [-0.3, -0.25) is 9.89 Å². The fraction of sp³-hybridized carbons (Fsp3) is 0.615. The van der Waals surface area contributed by atoms with Gasteiger partial charge in [-0.15, -0.1) is 5.10 Å². The molecule has 0 aromatic carbocycles. The molecular weight excluding hydrogens is 270 g/mol. The Morgan fingerprint density at radius 3 is 2.90 bits per heavy atom. The van der Waals surface area contributed by atoms with Crippen molar-refractivity contribution in [1.82, 2.24) is 30.4 Å². The number of tetrazole rings is 1. The molecule has 112 valence electrons. The molecule has 3 rings (SSSR count). The molecule has 0 bridgehead atoms. The molecule has 1 aliphatic carbocycles. The largest absolute Gasteiger partial charge is 0.311 e. The number of aromatic amines is 1. The molecule has 0 aliphatic heterocycles. The SMILES string of the molecule is O=C(CC1(Cn2cnnn2)CCCCC1)Nc1ccn[nH]1. The summed E-state index contributed by atoms with van der Waals surface area (Å²) in [6.07, 6.45) is 9.31. The fourth-order valence-corrected chi connectivity index (χ4v) is 3.15. The summed E-state index contributed by atoms with van der Waals surface area (Å²) < 4.78 is 1.73. The van der Waals surface area contributed by atoms with E-state index in [9.17, 15) is 4.79 Å². The van der Waals surface area contributed by atoms with Crippen LogP contribution in [-0.2, 0) is 11.3 Å². The Labute approximate surface area is 122 Å². The van der Waals surface area contributed by atoms with Crippen molar-refractivity contribution in [1.29, 1.82) is 0 Å².